The molecule has 1 aromatic carbocycles. The van der Waals surface area contributed by atoms with Crippen molar-refractivity contribution in [2.75, 3.05) is 18.0 Å². The SMILES string of the molecule is CCCC(C)N(CCCN)c1cccc(F)c1. The molecule has 3 heteroatoms. The fraction of sp³-hybridized carbons (Fsp3) is 0.571. The molecule has 0 fully saturated rings. The second kappa shape index (κ2) is 7.28. The van der Waals surface area contributed by atoms with Gasteiger partial charge in [-0.25, -0.2) is 4.39 Å². The molecule has 96 valence electrons. The Kier molecular flexibility index (Phi) is 5.98. The number of halogens is 1. The molecule has 0 spiro atoms. The molecule has 0 aliphatic heterocycles. The predicted molar refractivity (Wildman–Crippen MR) is 71.8 cm³/mol. The third kappa shape index (κ3) is 4.35. The summed E-state index contributed by atoms with van der Waals surface area (Å²) in [6.07, 6.45) is 3.18. The van der Waals surface area contributed by atoms with Crippen molar-refractivity contribution in [2.24, 2.45) is 5.73 Å². The average Bonchev–Trinajstić information content (AvgIpc) is 2.30. The molecule has 0 heterocycles. The van der Waals surface area contributed by atoms with Gasteiger partial charge in [0.05, 0.1) is 0 Å². The van der Waals surface area contributed by atoms with Crippen molar-refractivity contribution in [1.29, 1.82) is 0 Å². The fourth-order valence-electron chi connectivity index (χ4n) is 2.09. The van der Waals surface area contributed by atoms with Gasteiger partial charge < -0.3 is 10.6 Å². The summed E-state index contributed by atoms with van der Waals surface area (Å²) in [5, 5.41) is 0. The van der Waals surface area contributed by atoms with Gasteiger partial charge >= 0.3 is 0 Å². The summed E-state index contributed by atoms with van der Waals surface area (Å²) in [4.78, 5) is 2.25. The molecule has 0 aliphatic rings. The summed E-state index contributed by atoms with van der Waals surface area (Å²) in [6, 6.07) is 7.23. The normalized spacial score (nSPS) is 12.5. The Labute approximate surface area is 104 Å². The maximum atomic E-state index is 13.2. The third-order valence-electron chi connectivity index (χ3n) is 2.98. The van der Waals surface area contributed by atoms with Crippen LogP contribution in [-0.2, 0) is 0 Å². The number of hydrogen-bond donors (Lipinski definition) is 1. The summed E-state index contributed by atoms with van der Waals surface area (Å²) in [6.45, 7) is 5.92. The maximum Gasteiger partial charge on any atom is 0.125 e. The van der Waals surface area contributed by atoms with E-state index in [1.54, 1.807) is 12.1 Å². The lowest BCUT2D eigenvalue weighted by Gasteiger charge is -2.31. The van der Waals surface area contributed by atoms with Gasteiger partial charge in [0.1, 0.15) is 5.82 Å². The smallest absolute Gasteiger partial charge is 0.125 e. The van der Waals surface area contributed by atoms with Crippen LogP contribution in [0.5, 0.6) is 0 Å². The summed E-state index contributed by atoms with van der Waals surface area (Å²) >= 11 is 0. The van der Waals surface area contributed by atoms with Crippen LogP contribution in [0.4, 0.5) is 10.1 Å². The lowest BCUT2D eigenvalue weighted by molar-refractivity contribution is 0.567. The van der Waals surface area contributed by atoms with Gasteiger partial charge in [0, 0.05) is 18.3 Å². The first-order valence-corrected chi connectivity index (χ1v) is 6.41. The van der Waals surface area contributed by atoms with Gasteiger partial charge in [0.2, 0.25) is 0 Å². The molecule has 17 heavy (non-hydrogen) atoms. The lowest BCUT2D eigenvalue weighted by Crippen LogP contribution is -2.34. The first-order valence-electron chi connectivity index (χ1n) is 6.41. The molecular weight excluding hydrogens is 215 g/mol. The van der Waals surface area contributed by atoms with Crippen LogP contribution in [0.2, 0.25) is 0 Å². The van der Waals surface area contributed by atoms with Gasteiger partial charge in [0.15, 0.2) is 0 Å². The Hall–Kier alpha value is -1.09. The number of anilines is 1. The van der Waals surface area contributed by atoms with E-state index in [1.807, 2.05) is 6.07 Å². The molecule has 0 aromatic heterocycles. The highest BCUT2D eigenvalue weighted by molar-refractivity contribution is 5.47. The summed E-state index contributed by atoms with van der Waals surface area (Å²) in [5.41, 5.74) is 6.52. The van der Waals surface area contributed by atoms with E-state index in [4.69, 9.17) is 5.73 Å². The van der Waals surface area contributed by atoms with Crippen molar-refractivity contribution >= 4 is 5.69 Å². The highest BCUT2D eigenvalue weighted by atomic mass is 19.1. The van der Waals surface area contributed by atoms with Crippen molar-refractivity contribution in [3.8, 4) is 0 Å². The van der Waals surface area contributed by atoms with Gasteiger partial charge in [0.25, 0.3) is 0 Å². The van der Waals surface area contributed by atoms with E-state index in [0.29, 0.717) is 12.6 Å². The largest absolute Gasteiger partial charge is 0.369 e. The zero-order valence-electron chi connectivity index (χ0n) is 10.8. The van der Waals surface area contributed by atoms with Crippen LogP contribution in [0.15, 0.2) is 24.3 Å². The van der Waals surface area contributed by atoms with Crippen LogP contribution >= 0.6 is 0 Å². The topological polar surface area (TPSA) is 29.3 Å². The first kappa shape index (κ1) is 14.0. The second-order valence-corrected chi connectivity index (χ2v) is 4.45. The van der Waals surface area contributed by atoms with Crippen LogP contribution in [0.1, 0.15) is 33.1 Å². The van der Waals surface area contributed by atoms with E-state index in [2.05, 4.69) is 18.7 Å². The quantitative estimate of drug-likeness (QED) is 0.790. The van der Waals surface area contributed by atoms with E-state index in [0.717, 1.165) is 31.5 Å². The Morgan fingerprint density at radius 2 is 2.18 bits per heavy atom. The Morgan fingerprint density at radius 1 is 1.41 bits per heavy atom. The van der Waals surface area contributed by atoms with Gasteiger partial charge in [-0.2, -0.15) is 0 Å². The zero-order chi connectivity index (χ0) is 12.7. The molecule has 0 saturated carbocycles. The predicted octanol–water partition coefficient (Wildman–Crippen LogP) is 3.17. The van der Waals surface area contributed by atoms with Crippen molar-refractivity contribution in [1.82, 2.24) is 0 Å². The monoisotopic (exact) mass is 238 g/mol. The molecule has 2 N–H and O–H groups in total. The number of nitrogens with zero attached hydrogens (tertiary/aromatic N) is 1. The first-order chi connectivity index (χ1) is 8.19. The number of nitrogens with two attached hydrogens (primary N) is 1. The van der Waals surface area contributed by atoms with Crippen molar-refractivity contribution < 1.29 is 4.39 Å². The summed E-state index contributed by atoms with van der Waals surface area (Å²) in [7, 11) is 0. The third-order valence-corrected chi connectivity index (χ3v) is 2.98. The summed E-state index contributed by atoms with van der Waals surface area (Å²) < 4.78 is 13.2. The highest BCUT2D eigenvalue weighted by Crippen LogP contribution is 2.20. The minimum Gasteiger partial charge on any atom is -0.369 e. The minimum atomic E-state index is -0.177. The maximum absolute atomic E-state index is 13.2. The Morgan fingerprint density at radius 3 is 2.76 bits per heavy atom. The number of rotatable bonds is 7. The van der Waals surface area contributed by atoms with Crippen LogP contribution in [0, 0.1) is 5.82 Å². The lowest BCUT2D eigenvalue weighted by atomic mass is 10.1. The van der Waals surface area contributed by atoms with E-state index in [9.17, 15) is 4.39 Å². The molecule has 1 unspecified atom stereocenters. The van der Waals surface area contributed by atoms with Crippen molar-refractivity contribution in [3.63, 3.8) is 0 Å². The molecule has 1 atom stereocenters. The van der Waals surface area contributed by atoms with E-state index in [1.165, 1.54) is 6.07 Å². The number of hydrogen-bond acceptors (Lipinski definition) is 2. The molecule has 0 bridgehead atoms. The van der Waals surface area contributed by atoms with Crippen molar-refractivity contribution in [2.45, 2.75) is 39.2 Å². The van der Waals surface area contributed by atoms with Crippen molar-refractivity contribution in [3.05, 3.63) is 30.1 Å². The molecule has 0 amide bonds. The van der Waals surface area contributed by atoms with Crippen LogP contribution in [0.3, 0.4) is 0 Å². The van der Waals surface area contributed by atoms with E-state index >= 15 is 0 Å². The molecular formula is C14H23FN2. The van der Waals surface area contributed by atoms with E-state index < -0.39 is 0 Å². The average molecular weight is 238 g/mol. The molecule has 0 saturated heterocycles. The van der Waals surface area contributed by atoms with E-state index in [-0.39, 0.29) is 5.82 Å². The highest BCUT2D eigenvalue weighted by Gasteiger charge is 2.13. The molecule has 1 aromatic rings. The number of benzene rings is 1. The van der Waals surface area contributed by atoms with Gasteiger partial charge in [-0.15, -0.1) is 0 Å². The van der Waals surface area contributed by atoms with Crippen LogP contribution < -0.4 is 10.6 Å². The molecule has 0 radical (unpaired) electrons. The Balaban J connectivity index is 2.81. The van der Waals surface area contributed by atoms with Gasteiger partial charge in [-0.1, -0.05) is 19.4 Å². The van der Waals surface area contributed by atoms with Crippen LogP contribution in [0.25, 0.3) is 0 Å². The Bertz CT molecular complexity index is 328. The summed E-state index contributed by atoms with van der Waals surface area (Å²) in [5.74, 6) is -0.177. The van der Waals surface area contributed by atoms with Gasteiger partial charge in [-0.3, -0.25) is 0 Å². The second-order valence-electron chi connectivity index (χ2n) is 4.45. The van der Waals surface area contributed by atoms with Gasteiger partial charge in [-0.05, 0) is 44.5 Å². The zero-order valence-corrected chi connectivity index (χ0v) is 10.8. The molecule has 1 rings (SSSR count). The molecule has 2 nitrogen and oxygen atoms in total. The fourth-order valence-corrected chi connectivity index (χ4v) is 2.09. The van der Waals surface area contributed by atoms with Crippen LogP contribution in [-0.4, -0.2) is 19.1 Å². The minimum absolute atomic E-state index is 0.177. The molecule has 0 aliphatic carbocycles. The standard InChI is InChI=1S/C14H23FN2/c1-3-6-12(2)17(10-5-9-16)14-8-4-7-13(15)11-14/h4,7-8,11-12H,3,5-6,9-10,16H2,1-2H3.